The van der Waals surface area contributed by atoms with Gasteiger partial charge >= 0.3 is 0 Å². The Balaban J connectivity index is 0.000000204. The lowest BCUT2D eigenvalue weighted by Gasteiger charge is -2.28. The van der Waals surface area contributed by atoms with Gasteiger partial charge in [0.2, 0.25) is 0 Å². The number of benzene rings is 1. The lowest BCUT2D eigenvalue weighted by atomic mass is 10.1. The van der Waals surface area contributed by atoms with Gasteiger partial charge in [0.1, 0.15) is 5.84 Å². The third-order valence-corrected chi connectivity index (χ3v) is 4.39. The van der Waals surface area contributed by atoms with E-state index in [2.05, 4.69) is 12.6 Å². The van der Waals surface area contributed by atoms with E-state index in [0.29, 0.717) is 5.84 Å². The zero-order valence-corrected chi connectivity index (χ0v) is 13.3. The zero-order valence-electron chi connectivity index (χ0n) is 11.6. The summed E-state index contributed by atoms with van der Waals surface area (Å²) in [5.74, 6) is 0.671. The van der Waals surface area contributed by atoms with Gasteiger partial charge in [-0.2, -0.15) is 21.0 Å². The molecule has 0 bridgehead atoms. The summed E-state index contributed by atoms with van der Waals surface area (Å²) in [4.78, 5) is 1.89. The Morgan fingerprint density at radius 3 is 2.30 bits per heavy atom. The first-order valence-electron chi connectivity index (χ1n) is 6.23. The minimum Gasteiger partial charge on any atom is -0.363 e. The fourth-order valence-corrected chi connectivity index (χ4v) is 2.60. The third kappa shape index (κ3) is 5.15. The second kappa shape index (κ2) is 7.10. The van der Waals surface area contributed by atoms with Gasteiger partial charge in [-0.25, -0.2) is 0 Å². The van der Waals surface area contributed by atoms with Crippen molar-refractivity contribution < 1.29 is 13.0 Å². The second-order valence-electron chi connectivity index (χ2n) is 4.75. The number of piperidine rings is 1. The van der Waals surface area contributed by atoms with Gasteiger partial charge in [0, 0.05) is 13.6 Å². The number of thiol groups is 1. The van der Waals surface area contributed by atoms with Crippen LogP contribution in [0.25, 0.3) is 0 Å². The first-order valence-corrected chi connectivity index (χ1v) is 8.19. The Kier molecular flexibility index (Phi) is 6.04. The van der Waals surface area contributed by atoms with Gasteiger partial charge in [-0.15, -0.1) is 0 Å². The predicted octanol–water partition coefficient (Wildman–Crippen LogP) is 2.23. The van der Waals surface area contributed by atoms with Crippen LogP contribution in [-0.2, 0) is 10.1 Å². The van der Waals surface area contributed by atoms with Crippen LogP contribution in [0.2, 0.25) is 0 Å². The lowest BCUT2D eigenvalue weighted by Crippen LogP contribution is -2.38. The van der Waals surface area contributed by atoms with Crippen molar-refractivity contribution in [3.63, 3.8) is 0 Å². The van der Waals surface area contributed by atoms with E-state index in [1.54, 1.807) is 12.1 Å². The highest BCUT2D eigenvalue weighted by Gasteiger charge is 2.18. The minimum absolute atomic E-state index is 0.0666. The molecule has 1 atom stereocenters. The van der Waals surface area contributed by atoms with Gasteiger partial charge < -0.3 is 4.90 Å². The van der Waals surface area contributed by atoms with Crippen molar-refractivity contribution in [2.24, 2.45) is 0 Å². The van der Waals surface area contributed by atoms with Gasteiger partial charge in [-0.1, -0.05) is 17.7 Å². The molecule has 1 aliphatic rings. The molecule has 1 saturated heterocycles. The van der Waals surface area contributed by atoms with Crippen LogP contribution in [0.3, 0.4) is 0 Å². The molecule has 1 aliphatic heterocycles. The Morgan fingerprint density at radius 1 is 1.35 bits per heavy atom. The summed E-state index contributed by atoms with van der Waals surface area (Å²) in [6, 6.07) is 5.99. The van der Waals surface area contributed by atoms with Crippen molar-refractivity contribution in [1.82, 2.24) is 4.90 Å². The van der Waals surface area contributed by atoms with Crippen LogP contribution in [0.1, 0.15) is 18.4 Å². The first kappa shape index (κ1) is 17.0. The van der Waals surface area contributed by atoms with Gasteiger partial charge in [0.15, 0.2) is 0 Å². The maximum Gasteiger partial charge on any atom is 0.294 e. The largest absolute Gasteiger partial charge is 0.363 e. The SMILES string of the molecule is CN1CCCC(S)C1=N.Cc1ccc(S(=O)(=O)O)cc1. The quantitative estimate of drug-likeness (QED) is 0.548. The maximum atomic E-state index is 10.5. The molecule has 0 saturated carbocycles. The molecule has 0 amide bonds. The number of hydrogen-bond acceptors (Lipinski definition) is 4. The third-order valence-electron chi connectivity index (χ3n) is 3.02. The number of aryl methyl sites for hydroxylation is 1. The highest BCUT2D eigenvalue weighted by atomic mass is 32.2. The van der Waals surface area contributed by atoms with Gasteiger partial charge in [0.05, 0.1) is 10.1 Å². The molecule has 1 fully saturated rings. The van der Waals surface area contributed by atoms with Crippen LogP contribution < -0.4 is 0 Å². The van der Waals surface area contributed by atoms with Crippen LogP contribution in [0, 0.1) is 12.3 Å². The fourth-order valence-electron chi connectivity index (χ4n) is 1.74. The monoisotopic (exact) mass is 316 g/mol. The molecule has 1 aromatic carbocycles. The highest BCUT2D eigenvalue weighted by molar-refractivity contribution is 7.85. The van der Waals surface area contributed by atoms with E-state index in [1.165, 1.54) is 18.6 Å². The van der Waals surface area contributed by atoms with Crippen molar-refractivity contribution in [3.05, 3.63) is 29.8 Å². The Labute approximate surface area is 125 Å². The van der Waals surface area contributed by atoms with Crippen molar-refractivity contribution in [3.8, 4) is 0 Å². The van der Waals surface area contributed by atoms with Gasteiger partial charge in [0.25, 0.3) is 10.1 Å². The number of amidine groups is 1. The Morgan fingerprint density at radius 2 is 1.90 bits per heavy atom. The topological polar surface area (TPSA) is 81.5 Å². The molecule has 0 aromatic heterocycles. The van der Waals surface area contributed by atoms with Crippen molar-refractivity contribution in [1.29, 1.82) is 5.41 Å². The van der Waals surface area contributed by atoms with E-state index in [9.17, 15) is 8.42 Å². The van der Waals surface area contributed by atoms with Gasteiger partial charge in [-0.3, -0.25) is 9.96 Å². The molecule has 5 nitrogen and oxygen atoms in total. The van der Waals surface area contributed by atoms with Crippen LogP contribution in [0.4, 0.5) is 0 Å². The van der Waals surface area contributed by atoms with E-state index >= 15 is 0 Å². The lowest BCUT2D eigenvalue weighted by molar-refractivity contribution is 0.435. The van der Waals surface area contributed by atoms with Crippen LogP contribution in [-0.4, -0.2) is 42.5 Å². The molecule has 0 aliphatic carbocycles. The summed E-state index contributed by atoms with van der Waals surface area (Å²) < 4.78 is 29.6. The molecule has 1 unspecified atom stereocenters. The summed E-state index contributed by atoms with van der Waals surface area (Å²) in [5, 5.41) is 7.63. The molecule has 2 N–H and O–H groups in total. The Hall–Kier alpha value is -1.05. The smallest absolute Gasteiger partial charge is 0.294 e. The van der Waals surface area contributed by atoms with Crippen molar-refractivity contribution in [2.75, 3.05) is 13.6 Å². The molecule has 0 spiro atoms. The zero-order chi connectivity index (χ0) is 15.3. The summed E-state index contributed by atoms with van der Waals surface area (Å²) in [6.07, 6.45) is 2.24. The summed E-state index contributed by atoms with van der Waals surface area (Å²) in [6.45, 7) is 2.86. The molecule has 7 heteroatoms. The van der Waals surface area contributed by atoms with E-state index in [0.717, 1.165) is 18.5 Å². The number of hydrogen-bond donors (Lipinski definition) is 3. The summed E-state index contributed by atoms with van der Waals surface area (Å²) in [7, 11) is -2.07. The van der Waals surface area contributed by atoms with Crippen LogP contribution in [0.5, 0.6) is 0 Å². The second-order valence-corrected chi connectivity index (χ2v) is 6.80. The number of nitrogens with one attached hydrogen (secondary N) is 1. The minimum atomic E-state index is -4.02. The van der Waals surface area contributed by atoms with E-state index < -0.39 is 10.1 Å². The van der Waals surface area contributed by atoms with E-state index in [4.69, 9.17) is 9.96 Å². The molecule has 20 heavy (non-hydrogen) atoms. The molecule has 2 rings (SSSR count). The van der Waals surface area contributed by atoms with Crippen molar-refractivity contribution >= 4 is 28.6 Å². The number of nitrogens with zero attached hydrogens (tertiary/aromatic N) is 1. The standard InChI is InChI=1S/C7H8O3S.C6H12N2S/c1-6-2-4-7(5-3-6)11(8,9)10;1-8-4-2-3-5(9)6(8)7/h2-5H,1H3,(H,8,9,10);5,7,9H,2-4H2,1H3. The summed E-state index contributed by atoms with van der Waals surface area (Å²) >= 11 is 4.25. The molecule has 1 heterocycles. The van der Waals surface area contributed by atoms with Crippen LogP contribution in [0.15, 0.2) is 29.2 Å². The molecule has 112 valence electrons. The van der Waals surface area contributed by atoms with Crippen molar-refractivity contribution in [2.45, 2.75) is 29.9 Å². The molecular formula is C13H20N2O3S2. The molecule has 1 aromatic rings. The fraction of sp³-hybridized carbons (Fsp3) is 0.462. The van der Waals surface area contributed by atoms with E-state index in [-0.39, 0.29) is 10.1 Å². The number of likely N-dealkylation sites (tertiary alicyclic amines) is 1. The molecule has 0 radical (unpaired) electrons. The molecular weight excluding hydrogens is 296 g/mol. The predicted molar refractivity (Wildman–Crippen MR) is 83.4 cm³/mol. The number of rotatable bonds is 1. The highest BCUT2D eigenvalue weighted by Crippen LogP contribution is 2.14. The van der Waals surface area contributed by atoms with Crippen LogP contribution >= 0.6 is 12.6 Å². The normalized spacial score (nSPS) is 19.3. The van der Waals surface area contributed by atoms with Gasteiger partial charge in [-0.05, 0) is 31.9 Å². The average molecular weight is 316 g/mol. The maximum absolute atomic E-state index is 10.5. The Bertz CT molecular complexity index is 543. The first-order chi connectivity index (χ1) is 9.21. The van der Waals surface area contributed by atoms with E-state index in [1.807, 2.05) is 18.9 Å². The average Bonchev–Trinajstić information content (AvgIpc) is 2.36. The summed E-state index contributed by atoms with van der Waals surface area (Å²) in [5.41, 5.74) is 0.956.